The van der Waals surface area contributed by atoms with Crippen LogP contribution in [0.15, 0.2) is 22.7 Å². The smallest absolute Gasteiger partial charge is 0.277 e. The lowest BCUT2D eigenvalue weighted by atomic mass is 10.0. The van der Waals surface area contributed by atoms with E-state index in [4.69, 9.17) is 14.4 Å². The summed E-state index contributed by atoms with van der Waals surface area (Å²) in [5.74, 6) is 1.42. The molecule has 0 bridgehead atoms. The highest BCUT2D eigenvalue weighted by atomic mass is 16.5. The highest BCUT2D eigenvalue weighted by Gasteiger charge is 2.23. The third-order valence-corrected chi connectivity index (χ3v) is 5.50. The quantitative estimate of drug-likeness (QED) is 0.318. The first-order valence-corrected chi connectivity index (χ1v) is 11.6. The molecular weight excluding hydrogens is 452 g/mol. The second kappa shape index (κ2) is 10.8. The van der Waals surface area contributed by atoms with Crippen molar-refractivity contribution < 1.29 is 24.3 Å². The van der Waals surface area contributed by atoms with Crippen molar-refractivity contribution in [3.05, 3.63) is 35.0 Å². The summed E-state index contributed by atoms with van der Waals surface area (Å²) in [6.45, 7) is 5.17. The van der Waals surface area contributed by atoms with E-state index in [2.05, 4.69) is 30.7 Å². The van der Waals surface area contributed by atoms with Crippen molar-refractivity contribution in [2.75, 3.05) is 25.1 Å². The van der Waals surface area contributed by atoms with Crippen LogP contribution in [0.5, 0.6) is 5.75 Å². The minimum atomic E-state index is -0.912. The predicted octanol–water partition coefficient (Wildman–Crippen LogP) is 1.80. The third-order valence-electron chi connectivity index (χ3n) is 5.50. The molecule has 2 aromatic heterocycles. The first-order chi connectivity index (χ1) is 16.9. The summed E-state index contributed by atoms with van der Waals surface area (Å²) >= 11 is 0. The fourth-order valence-corrected chi connectivity index (χ4v) is 3.57. The minimum Gasteiger partial charge on any atom is -0.490 e. The van der Waals surface area contributed by atoms with Gasteiger partial charge in [-0.05, 0) is 62.4 Å². The van der Waals surface area contributed by atoms with Crippen LogP contribution in [0, 0.1) is 13.8 Å². The van der Waals surface area contributed by atoms with Crippen molar-refractivity contribution in [1.82, 2.24) is 25.4 Å². The number of rotatable bonds is 11. The summed E-state index contributed by atoms with van der Waals surface area (Å²) in [6.07, 6.45) is 2.02. The first kappa shape index (κ1) is 24.6. The zero-order valence-corrected chi connectivity index (χ0v) is 20.0. The number of aryl methyl sites for hydroxylation is 3. The van der Waals surface area contributed by atoms with Gasteiger partial charge in [0, 0.05) is 23.8 Å². The Morgan fingerprint density at radius 1 is 1.23 bits per heavy atom. The molecule has 11 nitrogen and oxygen atoms in total. The Morgan fingerprint density at radius 2 is 2.03 bits per heavy atom. The lowest BCUT2D eigenvalue weighted by Gasteiger charge is -2.17. The number of anilines is 1. The van der Waals surface area contributed by atoms with E-state index in [0.29, 0.717) is 41.6 Å². The maximum Gasteiger partial charge on any atom is 0.277 e. The Hall–Kier alpha value is -3.57. The van der Waals surface area contributed by atoms with Crippen LogP contribution in [0.25, 0.3) is 23.0 Å². The van der Waals surface area contributed by atoms with Crippen LogP contribution in [-0.2, 0) is 11.2 Å². The Kier molecular flexibility index (Phi) is 7.57. The molecule has 2 heterocycles. The Balaban J connectivity index is 1.50. The number of aliphatic hydroxyl groups excluding tert-OH is 2. The number of benzene rings is 1. The third kappa shape index (κ3) is 6.31. The van der Waals surface area contributed by atoms with Crippen molar-refractivity contribution in [2.24, 2.45) is 0 Å². The van der Waals surface area contributed by atoms with Crippen molar-refractivity contribution in [2.45, 2.75) is 52.2 Å². The molecular formula is C24H30N6O5. The summed E-state index contributed by atoms with van der Waals surface area (Å²) in [7, 11) is 0. The van der Waals surface area contributed by atoms with E-state index in [9.17, 15) is 9.90 Å². The summed E-state index contributed by atoms with van der Waals surface area (Å²) < 4.78 is 11.4. The molecule has 3 aromatic rings. The average molecular weight is 483 g/mol. The molecule has 1 aliphatic rings. The number of carbonyl (C=O) groups is 1. The standard InChI is InChI=1S/C24H30N6O5/c1-4-15-9-16(7-13(2)21(15)34-12-18(32)10-25-20(33)11-31)22-29-23(35-30-22)19-8-14(3)26-24(28-19)27-17-5-6-17/h7-9,17-18,31-32H,4-6,10-12H2,1-3H3,(H,25,33)(H,26,27,28). The lowest BCUT2D eigenvalue weighted by molar-refractivity contribution is -0.124. The molecule has 0 spiro atoms. The van der Waals surface area contributed by atoms with E-state index in [1.165, 1.54) is 0 Å². The number of nitrogens with zero attached hydrogens (tertiary/aromatic N) is 4. The van der Waals surface area contributed by atoms with E-state index in [0.717, 1.165) is 35.2 Å². The molecule has 35 heavy (non-hydrogen) atoms. The number of aromatic nitrogens is 4. The maximum atomic E-state index is 11.1. The Labute approximate surface area is 203 Å². The number of hydrogen-bond donors (Lipinski definition) is 4. The highest BCUT2D eigenvalue weighted by Crippen LogP contribution is 2.31. The van der Waals surface area contributed by atoms with Crippen molar-refractivity contribution in [1.29, 1.82) is 0 Å². The molecule has 1 aromatic carbocycles. The Morgan fingerprint density at radius 3 is 2.74 bits per heavy atom. The van der Waals surface area contributed by atoms with E-state index in [1.807, 2.05) is 39.0 Å². The SMILES string of the molecule is CCc1cc(-c2noc(-c3cc(C)nc(NC4CC4)n3)n2)cc(C)c1OCC(O)CNC(=O)CO. The molecule has 186 valence electrons. The Bertz CT molecular complexity index is 1190. The number of nitrogens with one attached hydrogen (secondary N) is 2. The van der Waals surface area contributed by atoms with Crippen LogP contribution >= 0.6 is 0 Å². The number of ether oxygens (including phenoxy) is 1. The predicted molar refractivity (Wildman–Crippen MR) is 128 cm³/mol. The maximum absolute atomic E-state index is 11.1. The van der Waals surface area contributed by atoms with Gasteiger partial charge in [-0.3, -0.25) is 4.79 Å². The topological polar surface area (TPSA) is 156 Å². The molecule has 1 unspecified atom stereocenters. The molecule has 1 amide bonds. The van der Waals surface area contributed by atoms with Gasteiger partial charge in [-0.1, -0.05) is 12.1 Å². The van der Waals surface area contributed by atoms with E-state index < -0.39 is 18.6 Å². The van der Waals surface area contributed by atoms with E-state index in [1.54, 1.807) is 0 Å². The number of aliphatic hydroxyl groups is 2. The number of amides is 1. The van der Waals surface area contributed by atoms with Gasteiger partial charge in [0.25, 0.3) is 5.89 Å². The number of carbonyl (C=O) groups excluding carboxylic acids is 1. The number of hydrogen-bond acceptors (Lipinski definition) is 10. The lowest BCUT2D eigenvalue weighted by Crippen LogP contribution is -2.36. The molecule has 1 fully saturated rings. The highest BCUT2D eigenvalue weighted by molar-refractivity contribution is 5.76. The fraction of sp³-hybridized carbons (Fsp3) is 0.458. The van der Waals surface area contributed by atoms with Gasteiger partial charge in [0.2, 0.25) is 17.7 Å². The summed E-state index contributed by atoms with van der Waals surface area (Å²) in [5, 5.41) is 28.7. The normalized spacial score (nSPS) is 14.0. The molecule has 1 aliphatic carbocycles. The molecule has 0 radical (unpaired) electrons. The van der Waals surface area contributed by atoms with Gasteiger partial charge in [0.1, 0.15) is 30.8 Å². The summed E-state index contributed by atoms with van der Waals surface area (Å²) in [6, 6.07) is 6.07. The van der Waals surface area contributed by atoms with Crippen molar-refractivity contribution in [3.63, 3.8) is 0 Å². The van der Waals surface area contributed by atoms with Crippen LogP contribution in [0.3, 0.4) is 0 Å². The molecule has 0 aliphatic heterocycles. The van der Waals surface area contributed by atoms with E-state index >= 15 is 0 Å². The minimum absolute atomic E-state index is 0.00442. The van der Waals surface area contributed by atoms with Crippen LogP contribution in [0.2, 0.25) is 0 Å². The largest absolute Gasteiger partial charge is 0.490 e. The van der Waals surface area contributed by atoms with Crippen molar-refractivity contribution >= 4 is 11.9 Å². The molecule has 4 N–H and O–H groups in total. The van der Waals surface area contributed by atoms with Gasteiger partial charge in [0.05, 0.1) is 0 Å². The monoisotopic (exact) mass is 482 g/mol. The van der Waals surface area contributed by atoms with Gasteiger partial charge >= 0.3 is 0 Å². The summed E-state index contributed by atoms with van der Waals surface area (Å²) in [5.41, 5.74) is 3.92. The van der Waals surface area contributed by atoms with Crippen LogP contribution in [0.4, 0.5) is 5.95 Å². The van der Waals surface area contributed by atoms with Gasteiger partial charge in [-0.25, -0.2) is 9.97 Å². The second-order valence-corrected chi connectivity index (χ2v) is 8.62. The van der Waals surface area contributed by atoms with Crippen LogP contribution < -0.4 is 15.4 Å². The van der Waals surface area contributed by atoms with Crippen LogP contribution in [0.1, 0.15) is 36.6 Å². The molecule has 11 heteroatoms. The average Bonchev–Trinajstić information content (AvgIpc) is 3.51. The zero-order chi connectivity index (χ0) is 24.9. The summed E-state index contributed by atoms with van der Waals surface area (Å²) in [4.78, 5) is 24.7. The zero-order valence-electron chi connectivity index (χ0n) is 20.0. The fourth-order valence-electron chi connectivity index (χ4n) is 3.57. The van der Waals surface area contributed by atoms with Gasteiger partial charge in [-0.2, -0.15) is 4.98 Å². The molecule has 1 atom stereocenters. The van der Waals surface area contributed by atoms with E-state index in [-0.39, 0.29) is 13.2 Å². The van der Waals surface area contributed by atoms with Crippen molar-refractivity contribution in [3.8, 4) is 28.7 Å². The molecule has 4 rings (SSSR count). The molecule has 0 saturated heterocycles. The molecule has 1 saturated carbocycles. The second-order valence-electron chi connectivity index (χ2n) is 8.62. The van der Waals surface area contributed by atoms with Gasteiger partial charge in [-0.15, -0.1) is 0 Å². The first-order valence-electron chi connectivity index (χ1n) is 11.6. The van der Waals surface area contributed by atoms with Gasteiger partial charge < -0.3 is 30.1 Å². The van der Waals surface area contributed by atoms with Crippen LogP contribution in [-0.4, -0.2) is 68.1 Å². The van der Waals surface area contributed by atoms with Gasteiger partial charge in [0.15, 0.2) is 0 Å².